The monoisotopic (exact) mass is 522 g/mol. The van der Waals surface area contributed by atoms with E-state index in [-0.39, 0.29) is 24.3 Å². The van der Waals surface area contributed by atoms with Gasteiger partial charge in [0.05, 0.1) is 20.9 Å². The molecule has 2 aromatic carbocycles. The smallest absolute Gasteiger partial charge is 0.261 e. The summed E-state index contributed by atoms with van der Waals surface area (Å²) >= 11 is 0. The molecule has 2 fully saturated rings. The highest BCUT2D eigenvalue weighted by molar-refractivity contribution is 6.00. The van der Waals surface area contributed by atoms with Gasteiger partial charge < -0.3 is 29.5 Å². The highest BCUT2D eigenvalue weighted by Crippen LogP contribution is 2.40. The van der Waals surface area contributed by atoms with Crippen molar-refractivity contribution in [3.8, 4) is 11.5 Å². The molecule has 0 aliphatic carbocycles. The molecule has 0 aromatic heterocycles. The van der Waals surface area contributed by atoms with Crippen molar-refractivity contribution in [1.29, 1.82) is 0 Å². The molecular weight excluding hydrogens is 484 g/mol. The van der Waals surface area contributed by atoms with Gasteiger partial charge in [-0.3, -0.25) is 14.4 Å². The van der Waals surface area contributed by atoms with Crippen molar-refractivity contribution in [2.45, 2.75) is 38.6 Å². The van der Waals surface area contributed by atoms with Crippen LogP contribution >= 0.6 is 0 Å². The molecule has 2 saturated heterocycles. The Hall–Kier alpha value is -3.75. The minimum Gasteiger partial charge on any atom is -0.496 e. The van der Waals surface area contributed by atoms with E-state index in [1.54, 1.807) is 28.0 Å². The molecule has 1 atom stereocenters. The zero-order chi connectivity index (χ0) is 27.3. The molecule has 1 unspecified atom stereocenters. The summed E-state index contributed by atoms with van der Waals surface area (Å²) < 4.78 is 10.9. The fourth-order valence-electron chi connectivity index (χ4n) is 5.28. The van der Waals surface area contributed by atoms with Crippen LogP contribution in [0.4, 0.5) is 5.69 Å². The molecule has 9 heteroatoms. The Labute approximate surface area is 224 Å². The number of likely N-dealkylation sites (tertiary alicyclic amines) is 1. The second-order valence-electron chi connectivity index (χ2n) is 10.1. The van der Waals surface area contributed by atoms with Crippen LogP contribution in [0.5, 0.6) is 11.5 Å². The fourth-order valence-corrected chi connectivity index (χ4v) is 5.28. The van der Waals surface area contributed by atoms with Gasteiger partial charge in [0.25, 0.3) is 11.8 Å². The van der Waals surface area contributed by atoms with E-state index < -0.39 is 5.54 Å². The van der Waals surface area contributed by atoms with Gasteiger partial charge in [-0.05, 0) is 43.0 Å². The number of rotatable bonds is 9. The van der Waals surface area contributed by atoms with Gasteiger partial charge in [0.1, 0.15) is 29.1 Å². The van der Waals surface area contributed by atoms with E-state index in [1.807, 2.05) is 30.3 Å². The molecule has 0 bridgehead atoms. The van der Waals surface area contributed by atoms with Crippen LogP contribution in [0.3, 0.4) is 0 Å². The lowest BCUT2D eigenvalue weighted by atomic mass is 9.85. The van der Waals surface area contributed by atoms with E-state index >= 15 is 0 Å². The number of piperidine rings is 1. The molecule has 38 heavy (non-hydrogen) atoms. The number of carbonyl (C=O) groups excluding carboxylic acids is 3. The second-order valence-corrected chi connectivity index (χ2v) is 10.1. The van der Waals surface area contributed by atoms with Gasteiger partial charge in [-0.25, -0.2) is 0 Å². The van der Waals surface area contributed by atoms with Crippen LogP contribution in [0.15, 0.2) is 48.5 Å². The van der Waals surface area contributed by atoms with Crippen LogP contribution in [0.1, 0.15) is 43.5 Å². The Morgan fingerprint density at radius 2 is 1.63 bits per heavy atom. The van der Waals surface area contributed by atoms with Crippen molar-refractivity contribution in [2.24, 2.45) is 5.92 Å². The summed E-state index contributed by atoms with van der Waals surface area (Å²) in [7, 11) is 3.05. The number of nitrogens with zero attached hydrogens (tertiary/aromatic N) is 3. The van der Waals surface area contributed by atoms with Gasteiger partial charge in [0.2, 0.25) is 5.91 Å². The van der Waals surface area contributed by atoms with E-state index in [0.29, 0.717) is 62.1 Å². The number of carbonyl (C=O) groups is 3. The predicted molar refractivity (Wildman–Crippen MR) is 145 cm³/mol. The van der Waals surface area contributed by atoms with Crippen molar-refractivity contribution < 1.29 is 23.9 Å². The van der Waals surface area contributed by atoms with Crippen LogP contribution < -0.4 is 19.7 Å². The summed E-state index contributed by atoms with van der Waals surface area (Å²) in [5.74, 6) is 0.872. The third-order valence-corrected chi connectivity index (χ3v) is 7.78. The first kappa shape index (κ1) is 27.3. The first-order valence-corrected chi connectivity index (χ1v) is 13.2. The van der Waals surface area contributed by atoms with Crippen LogP contribution in [-0.2, 0) is 9.59 Å². The summed E-state index contributed by atoms with van der Waals surface area (Å²) in [4.78, 5) is 45.7. The number of hydrogen-bond acceptors (Lipinski definition) is 6. The molecule has 2 heterocycles. The quantitative estimate of drug-likeness (QED) is 0.544. The Kier molecular flexibility index (Phi) is 8.44. The topological polar surface area (TPSA) is 91.4 Å². The van der Waals surface area contributed by atoms with E-state index in [9.17, 15) is 14.4 Å². The third kappa shape index (κ3) is 5.28. The highest BCUT2D eigenvalue weighted by Gasteiger charge is 2.54. The minimum absolute atomic E-state index is 0.0153. The van der Waals surface area contributed by atoms with E-state index in [4.69, 9.17) is 9.47 Å². The second kappa shape index (κ2) is 11.8. The zero-order valence-electron chi connectivity index (χ0n) is 22.7. The predicted octanol–water partition coefficient (Wildman–Crippen LogP) is 3.15. The Morgan fingerprint density at radius 3 is 2.21 bits per heavy atom. The fraction of sp³-hybridized carbons (Fsp3) is 0.483. The van der Waals surface area contributed by atoms with Gasteiger partial charge in [-0.1, -0.05) is 44.5 Å². The van der Waals surface area contributed by atoms with Crippen molar-refractivity contribution >= 4 is 23.4 Å². The number of amides is 3. The molecule has 3 amide bonds. The first-order chi connectivity index (χ1) is 18.3. The molecule has 2 aliphatic heterocycles. The van der Waals surface area contributed by atoms with Gasteiger partial charge in [-0.2, -0.15) is 0 Å². The summed E-state index contributed by atoms with van der Waals surface area (Å²) in [5.41, 5.74) is 0.486. The van der Waals surface area contributed by atoms with Gasteiger partial charge in [-0.15, -0.1) is 0 Å². The lowest BCUT2D eigenvalue weighted by molar-refractivity contribution is -0.137. The van der Waals surface area contributed by atoms with E-state index in [2.05, 4.69) is 24.1 Å². The van der Waals surface area contributed by atoms with Gasteiger partial charge in [0, 0.05) is 25.3 Å². The van der Waals surface area contributed by atoms with Crippen LogP contribution in [-0.4, -0.2) is 80.1 Å². The summed E-state index contributed by atoms with van der Waals surface area (Å²) in [6, 6.07) is 15.1. The van der Waals surface area contributed by atoms with Crippen molar-refractivity contribution in [1.82, 2.24) is 15.1 Å². The average molecular weight is 523 g/mol. The van der Waals surface area contributed by atoms with Gasteiger partial charge in [0.15, 0.2) is 0 Å². The molecule has 0 saturated carbocycles. The molecule has 2 aromatic rings. The zero-order valence-corrected chi connectivity index (χ0v) is 22.7. The molecule has 1 N–H and O–H groups in total. The minimum atomic E-state index is -0.819. The number of hydrogen-bond donors (Lipinski definition) is 1. The maximum absolute atomic E-state index is 13.9. The van der Waals surface area contributed by atoms with Crippen molar-refractivity contribution in [3.63, 3.8) is 0 Å². The Bertz CT molecular complexity index is 1120. The number of anilines is 1. The average Bonchev–Trinajstić information content (AvgIpc) is 3.21. The number of para-hydroxylation sites is 1. The molecule has 4 rings (SSSR count). The normalized spacial score (nSPS) is 17.5. The highest BCUT2D eigenvalue weighted by atomic mass is 16.5. The summed E-state index contributed by atoms with van der Waals surface area (Å²) in [5, 5.41) is 2.96. The summed E-state index contributed by atoms with van der Waals surface area (Å²) in [6.07, 6.45) is 1.88. The molecule has 0 radical (unpaired) electrons. The van der Waals surface area contributed by atoms with Crippen molar-refractivity contribution in [3.05, 3.63) is 54.1 Å². The van der Waals surface area contributed by atoms with E-state index in [0.717, 1.165) is 12.1 Å². The molecular formula is C29H38N4O5. The lowest BCUT2D eigenvalue weighted by Gasteiger charge is -2.43. The molecule has 204 valence electrons. The maximum Gasteiger partial charge on any atom is 0.261 e. The molecule has 2 aliphatic rings. The van der Waals surface area contributed by atoms with Crippen molar-refractivity contribution in [2.75, 3.05) is 52.0 Å². The number of ether oxygens (including phenoxy) is 2. The van der Waals surface area contributed by atoms with E-state index in [1.165, 1.54) is 14.2 Å². The van der Waals surface area contributed by atoms with Crippen LogP contribution in [0.25, 0.3) is 0 Å². The Balaban J connectivity index is 1.54. The summed E-state index contributed by atoms with van der Waals surface area (Å²) in [6.45, 7) is 5.89. The third-order valence-electron chi connectivity index (χ3n) is 7.78. The lowest BCUT2D eigenvalue weighted by Crippen LogP contribution is -2.57. The van der Waals surface area contributed by atoms with Crippen LogP contribution in [0.2, 0.25) is 0 Å². The Morgan fingerprint density at radius 1 is 1.00 bits per heavy atom. The number of benzene rings is 2. The number of methoxy groups -OCH3 is 2. The van der Waals surface area contributed by atoms with Crippen LogP contribution in [0, 0.1) is 5.92 Å². The first-order valence-electron chi connectivity index (χ1n) is 13.2. The standard InChI is InChI=1S/C29H38N4O5/c1-5-21(2)18-30-25(34)19-32-20-33(22-10-7-6-8-11-22)29(28(32)36)14-16-31(17-15-29)27(35)26-23(37-3)12-9-13-24(26)38-4/h6-13,21H,5,14-20H2,1-4H3,(H,30,34). The molecule has 1 spiro atoms. The largest absolute Gasteiger partial charge is 0.496 e. The SMILES string of the molecule is CCC(C)CNC(=O)CN1CN(c2ccccc2)C2(CCN(C(=O)c3c(OC)cccc3OC)CC2)C1=O. The van der Waals surface area contributed by atoms with Gasteiger partial charge >= 0.3 is 0 Å². The molecule has 9 nitrogen and oxygen atoms in total. The maximum atomic E-state index is 13.9. The number of nitrogens with one attached hydrogen (secondary N) is 1.